The first kappa shape index (κ1) is 14.1. The molecule has 0 heterocycles. The second kappa shape index (κ2) is 7.36. The predicted octanol–water partition coefficient (Wildman–Crippen LogP) is 0.607. The Morgan fingerprint density at radius 3 is 2.40 bits per heavy atom. The lowest BCUT2D eigenvalue weighted by Crippen LogP contribution is -2.48. The molecule has 0 aliphatic carbocycles. The second-order valence-electron chi connectivity index (χ2n) is 2.49. The van der Waals surface area contributed by atoms with Gasteiger partial charge in [0.15, 0.2) is 6.61 Å². The van der Waals surface area contributed by atoms with Crippen molar-refractivity contribution in [1.82, 2.24) is 0 Å². The van der Waals surface area contributed by atoms with Crippen LogP contribution in [0.4, 0.5) is 0 Å². The van der Waals surface area contributed by atoms with Gasteiger partial charge in [-0.3, -0.25) is 0 Å². The lowest BCUT2D eigenvalue weighted by Gasteiger charge is -2.25. The van der Waals surface area contributed by atoms with Gasteiger partial charge in [-0.1, -0.05) is 6.58 Å². The van der Waals surface area contributed by atoms with Crippen molar-refractivity contribution in [2.24, 2.45) is 0 Å². The standard InChI is InChI=1S/C9H18NO5/c1-5-9(11)14-8-7-10(12-3,13-4)15-6-2/h5H,1,6-8H2,2-4H3/q+1. The highest BCUT2D eigenvalue weighted by Gasteiger charge is 2.31. The van der Waals surface area contributed by atoms with Crippen LogP contribution in [0.1, 0.15) is 6.92 Å². The van der Waals surface area contributed by atoms with Gasteiger partial charge in [-0.15, -0.1) is 14.5 Å². The Morgan fingerprint density at radius 2 is 2.00 bits per heavy atom. The summed E-state index contributed by atoms with van der Waals surface area (Å²) >= 11 is 0. The second-order valence-corrected chi connectivity index (χ2v) is 2.49. The monoisotopic (exact) mass is 220 g/mol. The van der Waals surface area contributed by atoms with E-state index in [2.05, 4.69) is 6.58 Å². The topological polar surface area (TPSA) is 54.0 Å². The maximum Gasteiger partial charge on any atom is 0.330 e. The molecular weight excluding hydrogens is 202 g/mol. The quantitative estimate of drug-likeness (QED) is 0.259. The van der Waals surface area contributed by atoms with E-state index in [9.17, 15) is 4.79 Å². The molecule has 0 aromatic carbocycles. The van der Waals surface area contributed by atoms with Gasteiger partial charge in [0.2, 0.25) is 6.54 Å². The van der Waals surface area contributed by atoms with Crippen LogP contribution in [-0.2, 0) is 24.0 Å². The summed E-state index contributed by atoms with van der Waals surface area (Å²) in [6.45, 7) is 5.85. The maximum atomic E-state index is 10.8. The van der Waals surface area contributed by atoms with E-state index < -0.39 is 10.9 Å². The Morgan fingerprint density at radius 1 is 1.40 bits per heavy atom. The predicted molar refractivity (Wildman–Crippen MR) is 51.9 cm³/mol. The number of carbonyl (C=O) groups excluding carboxylic acids is 1. The lowest BCUT2D eigenvalue weighted by atomic mass is 10.6. The average molecular weight is 220 g/mol. The molecule has 0 saturated heterocycles. The van der Waals surface area contributed by atoms with Crippen LogP contribution in [0.3, 0.4) is 0 Å². The van der Waals surface area contributed by atoms with Gasteiger partial charge in [0, 0.05) is 6.08 Å². The summed E-state index contributed by atoms with van der Waals surface area (Å²) in [6, 6.07) is 0. The summed E-state index contributed by atoms with van der Waals surface area (Å²) in [5.74, 6) is -0.489. The molecule has 0 aliphatic heterocycles. The average Bonchev–Trinajstić information content (AvgIpc) is 2.27. The fraction of sp³-hybridized carbons (Fsp3) is 0.667. The molecule has 0 spiro atoms. The molecule has 0 rings (SSSR count). The summed E-state index contributed by atoms with van der Waals surface area (Å²) in [5.41, 5.74) is 0. The van der Waals surface area contributed by atoms with Crippen molar-refractivity contribution in [1.29, 1.82) is 0 Å². The van der Waals surface area contributed by atoms with Crippen LogP contribution < -0.4 is 0 Å². The van der Waals surface area contributed by atoms with Crippen molar-refractivity contribution in [3.8, 4) is 0 Å². The van der Waals surface area contributed by atoms with Crippen LogP contribution in [0.2, 0.25) is 0 Å². The molecule has 0 aromatic rings. The molecule has 88 valence electrons. The normalized spacial score (nSPS) is 11.1. The number of quaternary nitrogens is 1. The van der Waals surface area contributed by atoms with E-state index in [0.29, 0.717) is 6.61 Å². The van der Waals surface area contributed by atoms with E-state index in [4.69, 9.17) is 19.2 Å². The minimum Gasteiger partial charge on any atom is -0.456 e. The first-order valence-corrected chi connectivity index (χ1v) is 4.57. The van der Waals surface area contributed by atoms with Gasteiger partial charge in [0.05, 0.1) is 4.97 Å². The molecule has 0 saturated carbocycles. The van der Waals surface area contributed by atoms with Crippen LogP contribution in [-0.4, -0.2) is 44.9 Å². The largest absolute Gasteiger partial charge is 0.456 e. The van der Waals surface area contributed by atoms with Gasteiger partial charge in [-0.2, -0.15) is 0 Å². The molecule has 0 amide bonds. The smallest absolute Gasteiger partial charge is 0.330 e. The fourth-order valence-electron chi connectivity index (χ4n) is 0.941. The number of ether oxygens (including phenoxy) is 1. The van der Waals surface area contributed by atoms with Gasteiger partial charge in [0.25, 0.3) is 0 Å². The van der Waals surface area contributed by atoms with Crippen molar-refractivity contribution in [2.45, 2.75) is 6.92 Å². The molecule has 15 heavy (non-hydrogen) atoms. The van der Waals surface area contributed by atoms with Gasteiger partial charge >= 0.3 is 5.97 Å². The summed E-state index contributed by atoms with van der Waals surface area (Å²) in [4.78, 5) is 25.5. The number of rotatable bonds is 8. The highest BCUT2D eigenvalue weighted by molar-refractivity contribution is 5.81. The first-order chi connectivity index (χ1) is 7.14. The van der Waals surface area contributed by atoms with E-state index in [1.54, 1.807) is 6.92 Å². The Labute approximate surface area is 89.4 Å². The summed E-state index contributed by atoms with van der Waals surface area (Å²) < 4.78 is 4.78. The highest BCUT2D eigenvalue weighted by atomic mass is 17.2. The molecule has 6 heteroatoms. The fourth-order valence-corrected chi connectivity index (χ4v) is 0.941. The molecule has 0 unspecified atom stereocenters. The molecule has 0 atom stereocenters. The molecule has 0 radical (unpaired) electrons. The maximum absolute atomic E-state index is 10.8. The van der Waals surface area contributed by atoms with E-state index in [1.165, 1.54) is 14.2 Å². The van der Waals surface area contributed by atoms with Gasteiger partial charge in [0.1, 0.15) is 20.8 Å². The van der Waals surface area contributed by atoms with Crippen molar-refractivity contribution in [3.05, 3.63) is 12.7 Å². The van der Waals surface area contributed by atoms with E-state index in [1.807, 2.05) is 0 Å². The first-order valence-electron chi connectivity index (χ1n) is 4.57. The van der Waals surface area contributed by atoms with Crippen LogP contribution >= 0.6 is 0 Å². The highest BCUT2D eigenvalue weighted by Crippen LogP contribution is 2.08. The molecule has 0 aliphatic rings. The number of hydroxylamine groups is 3. The Kier molecular flexibility index (Phi) is 6.89. The van der Waals surface area contributed by atoms with Gasteiger partial charge < -0.3 is 4.74 Å². The van der Waals surface area contributed by atoms with Crippen molar-refractivity contribution in [2.75, 3.05) is 34.0 Å². The van der Waals surface area contributed by atoms with Crippen LogP contribution in [0.15, 0.2) is 12.7 Å². The zero-order valence-electron chi connectivity index (χ0n) is 9.39. The van der Waals surface area contributed by atoms with Crippen LogP contribution in [0, 0.1) is 0 Å². The number of hydrogen-bond acceptors (Lipinski definition) is 5. The number of hydrogen-bond donors (Lipinski definition) is 0. The molecule has 0 bridgehead atoms. The zero-order valence-corrected chi connectivity index (χ0v) is 9.39. The third-order valence-electron chi connectivity index (χ3n) is 1.66. The van der Waals surface area contributed by atoms with Crippen LogP contribution in [0.25, 0.3) is 0 Å². The minimum absolute atomic E-state index is 0.118. The zero-order chi connectivity index (χ0) is 11.7. The molecule has 0 fully saturated rings. The SMILES string of the molecule is C=CC(=O)OCC[N+](OC)(OC)OCC. The third kappa shape index (κ3) is 4.89. The van der Waals surface area contributed by atoms with E-state index in [-0.39, 0.29) is 13.2 Å². The molecule has 0 N–H and O–H groups in total. The lowest BCUT2D eigenvalue weighted by molar-refractivity contribution is -1.36. The minimum atomic E-state index is -0.489. The third-order valence-corrected chi connectivity index (χ3v) is 1.66. The van der Waals surface area contributed by atoms with E-state index >= 15 is 0 Å². The Bertz CT molecular complexity index is 203. The van der Waals surface area contributed by atoms with Crippen molar-refractivity contribution >= 4 is 5.97 Å². The van der Waals surface area contributed by atoms with Crippen LogP contribution in [0.5, 0.6) is 0 Å². The molecule has 6 nitrogen and oxygen atoms in total. The summed E-state index contributed by atoms with van der Waals surface area (Å²) in [6.07, 6.45) is 1.09. The van der Waals surface area contributed by atoms with Crippen molar-refractivity contribution in [3.63, 3.8) is 0 Å². The van der Waals surface area contributed by atoms with Gasteiger partial charge in [-0.05, 0) is 6.92 Å². The molecule has 0 aromatic heterocycles. The molecular formula is C9H18NO5+. The van der Waals surface area contributed by atoms with Gasteiger partial charge in [-0.25, -0.2) is 4.79 Å². The number of esters is 1. The summed E-state index contributed by atoms with van der Waals surface area (Å²) in [7, 11) is 2.88. The van der Waals surface area contributed by atoms with Crippen molar-refractivity contribution < 1.29 is 29.0 Å². The Balaban J connectivity index is 4.05. The van der Waals surface area contributed by atoms with E-state index in [0.717, 1.165) is 6.08 Å². The number of nitrogens with zero attached hydrogens (tertiary/aromatic N) is 1. The summed E-state index contributed by atoms with van der Waals surface area (Å²) in [5, 5.41) is 0. The number of carbonyl (C=O) groups is 1. The Hall–Kier alpha value is -0.950.